The van der Waals surface area contributed by atoms with Crippen LogP contribution in [0, 0.1) is 5.41 Å². The van der Waals surface area contributed by atoms with E-state index in [0.717, 1.165) is 53.2 Å². The number of azo groups is 1. The first kappa shape index (κ1) is 21.6. The average molecular weight is 442 g/mol. The normalized spacial score (nSPS) is 25.3. The molecule has 2 aliphatic heterocycles. The smallest absolute Gasteiger partial charge is 0.164 e. The topological polar surface area (TPSA) is 70.0 Å². The van der Waals surface area contributed by atoms with Crippen molar-refractivity contribution in [2.45, 2.75) is 58.5 Å². The maximum Gasteiger partial charge on any atom is 0.164 e. The van der Waals surface area contributed by atoms with Crippen LogP contribution in [0.5, 0.6) is 0 Å². The molecule has 0 saturated heterocycles. The molecule has 1 aromatic carbocycles. The van der Waals surface area contributed by atoms with Crippen molar-refractivity contribution in [3.8, 4) is 0 Å². The monoisotopic (exact) mass is 441 g/mol. The van der Waals surface area contributed by atoms with Gasteiger partial charge in [0, 0.05) is 41.7 Å². The van der Waals surface area contributed by atoms with Crippen molar-refractivity contribution in [3.05, 3.63) is 77.4 Å². The number of allylic oxidation sites excluding steroid dienone is 2. The first-order chi connectivity index (χ1) is 15.9. The number of carbonyl (C=O) groups excluding carboxylic acids is 1. The number of hydrogen-bond donors (Lipinski definition) is 1. The van der Waals surface area contributed by atoms with Crippen LogP contribution in [0.2, 0.25) is 0 Å². The summed E-state index contributed by atoms with van der Waals surface area (Å²) in [5.41, 5.74) is 5.66. The van der Waals surface area contributed by atoms with E-state index in [9.17, 15) is 4.79 Å². The highest BCUT2D eigenvalue weighted by Gasteiger charge is 2.53. The lowest BCUT2D eigenvalue weighted by atomic mass is 9.59. The number of benzene rings is 1. The zero-order valence-corrected chi connectivity index (χ0v) is 19.8. The summed E-state index contributed by atoms with van der Waals surface area (Å²) in [5.74, 6) is 0.229. The van der Waals surface area contributed by atoms with Gasteiger partial charge in [0.15, 0.2) is 11.9 Å². The third-order valence-corrected chi connectivity index (χ3v) is 7.23. The van der Waals surface area contributed by atoms with E-state index in [0.29, 0.717) is 6.42 Å². The van der Waals surface area contributed by atoms with Gasteiger partial charge in [0.2, 0.25) is 0 Å². The molecule has 0 radical (unpaired) electrons. The molecule has 6 nitrogen and oxygen atoms in total. The molecule has 0 saturated carbocycles. The maximum atomic E-state index is 13.7. The Morgan fingerprint density at radius 3 is 2.67 bits per heavy atom. The van der Waals surface area contributed by atoms with E-state index in [1.54, 1.807) is 6.20 Å². The van der Waals surface area contributed by atoms with Crippen molar-refractivity contribution in [2.24, 2.45) is 15.6 Å². The fourth-order valence-corrected chi connectivity index (χ4v) is 5.86. The molecule has 2 atom stereocenters. The summed E-state index contributed by atoms with van der Waals surface area (Å²) in [6.45, 7) is 9.45. The first-order valence-electron chi connectivity index (χ1n) is 11.8. The lowest BCUT2D eigenvalue weighted by Crippen LogP contribution is -2.51. The number of hydrogen-bond acceptors (Lipinski definition) is 6. The predicted molar refractivity (Wildman–Crippen MR) is 130 cm³/mol. The Kier molecular flexibility index (Phi) is 5.19. The molecule has 0 spiro atoms. The first-order valence-corrected chi connectivity index (χ1v) is 11.8. The lowest BCUT2D eigenvalue weighted by Gasteiger charge is -2.48. The van der Waals surface area contributed by atoms with Gasteiger partial charge in [-0.25, -0.2) is 0 Å². The number of nitrogens with zero attached hydrogens (tertiary/aromatic N) is 4. The Morgan fingerprint density at radius 2 is 1.94 bits per heavy atom. The number of anilines is 2. The number of fused-ring (bicyclic) bond motifs is 1. The number of pyridine rings is 1. The largest absolute Gasteiger partial charge is 0.362 e. The maximum absolute atomic E-state index is 13.7. The van der Waals surface area contributed by atoms with Crippen molar-refractivity contribution >= 4 is 17.2 Å². The summed E-state index contributed by atoms with van der Waals surface area (Å²) in [5, 5.41) is 12.3. The number of carbonyl (C=O) groups is 1. The van der Waals surface area contributed by atoms with Crippen LogP contribution in [0.4, 0.5) is 11.4 Å². The van der Waals surface area contributed by atoms with Crippen LogP contribution >= 0.6 is 0 Å². The van der Waals surface area contributed by atoms with Gasteiger partial charge < -0.3 is 10.2 Å². The number of ketones is 1. The minimum absolute atomic E-state index is 0.0689. The Morgan fingerprint density at radius 1 is 1.12 bits per heavy atom. The minimum Gasteiger partial charge on any atom is -0.362 e. The average Bonchev–Trinajstić information content (AvgIpc) is 3.27. The fraction of sp³-hybridized carbons (Fsp3) is 0.407. The van der Waals surface area contributed by atoms with E-state index < -0.39 is 5.41 Å². The number of aromatic nitrogens is 1. The molecule has 170 valence electrons. The van der Waals surface area contributed by atoms with Gasteiger partial charge in [0.05, 0.1) is 23.5 Å². The summed E-state index contributed by atoms with van der Waals surface area (Å²) in [6.07, 6.45) is 7.49. The van der Waals surface area contributed by atoms with Crippen molar-refractivity contribution in [1.82, 2.24) is 10.3 Å². The molecule has 33 heavy (non-hydrogen) atoms. The third-order valence-electron chi connectivity index (χ3n) is 7.23. The lowest BCUT2D eigenvalue weighted by molar-refractivity contribution is -0.119. The Labute approximate surface area is 195 Å². The van der Waals surface area contributed by atoms with Crippen molar-refractivity contribution in [1.29, 1.82) is 0 Å². The van der Waals surface area contributed by atoms with E-state index in [4.69, 9.17) is 0 Å². The fourth-order valence-electron chi connectivity index (χ4n) is 5.86. The number of Topliss-reactive ketones (excluding diaryl/α,β-unsaturated/α-hetero) is 1. The van der Waals surface area contributed by atoms with Crippen molar-refractivity contribution < 1.29 is 4.79 Å². The summed E-state index contributed by atoms with van der Waals surface area (Å²) >= 11 is 0. The van der Waals surface area contributed by atoms with Crippen LogP contribution in [-0.2, 0) is 10.2 Å². The molecule has 1 unspecified atom stereocenters. The molecule has 0 fully saturated rings. The second-order valence-electron chi connectivity index (χ2n) is 9.92. The van der Waals surface area contributed by atoms with Crippen LogP contribution in [0.3, 0.4) is 0 Å². The van der Waals surface area contributed by atoms with E-state index in [2.05, 4.69) is 83.5 Å². The molecule has 5 rings (SSSR count). The molecule has 0 bridgehead atoms. The van der Waals surface area contributed by atoms with Crippen LogP contribution in [0.1, 0.15) is 52.5 Å². The number of rotatable bonds is 5. The quantitative estimate of drug-likeness (QED) is 0.636. The summed E-state index contributed by atoms with van der Waals surface area (Å²) < 4.78 is 0. The second-order valence-corrected chi connectivity index (χ2v) is 9.92. The SMILES string of the molecule is CCN(c1cccnc1)c1cccc([C@]2(CC)C3=CN=NC3NC3=C2C(=O)CC(C)(C)C3)c1. The van der Waals surface area contributed by atoms with Crippen molar-refractivity contribution in [3.63, 3.8) is 0 Å². The highest BCUT2D eigenvalue weighted by Crippen LogP contribution is 2.54. The van der Waals surface area contributed by atoms with Crippen molar-refractivity contribution in [2.75, 3.05) is 11.4 Å². The summed E-state index contributed by atoms with van der Waals surface area (Å²) in [6, 6.07) is 12.6. The predicted octanol–water partition coefficient (Wildman–Crippen LogP) is 5.81. The van der Waals surface area contributed by atoms with Crippen LogP contribution in [0.15, 0.2) is 82.1 Å². The van der Waals surface area contributed by atoms with Gasteiger partial charge in [-0.15, -0.1) is 0 Å². The molecule has 1 aromatic heterocycles. The van der Waals surface area contributed by atoms with Crippen LogP contribution < -0.4 is 10.2 Å². The van der Waals surface area contributed by atoms with E-state index in [1.807, 2.05) is 18.5 Å². The van der Waals surface area contributed by atoms with Gasteiger partial charge in [-0.3, -0.25) is 9.78 Å². The molecule has 0 amide bonds. The van der Waals surface area contributed by atoms with Gasteiger partial charge >= 0.3 is 0 Å². The van der Waals surface area contributed by atoms with E-state index in [1.165, 1.54) is 0 Å². The van der Waals surface area contributed by atoms with Gasteiger partial charge in [0.25, 0.3) is 0 Å². The Bertz CT molecular complexity index is 1180. The van der Waals surface area contributed by atoms with Gasteiger partial charge in [-0.1, -0.05) is 32.9 Å². The van der Waals surface area contributed by atoms with E-state index in [-0.39, 0.29) is 17.4 Å². The molecular weight excluding hydrogens is 410 g/mol. The number of nitrogens with one attached hydrogen (secondary N) is 1. The summed E-state index contributed by atoms with van der Waals surface area (Å²) in [7, 11) is 0. The standard InChI is InChI=1S/C27H31N5O/c1-5-27(18-9-7-10-19(13-18)32(6-2)20-11-8-12-28-16-20)21-17-29-31-25(21)30-22-14-26(3,4)15-23(33)24(22)27/h7-13,16-17,25,30H,5-6,14-15H2,1-4H3/t25?,27-/m1/s1. The van der Waals surface area contributed by atoms with Gasteiger partial charge in [-0.2, -0.15) is 10.2 Å². The molecule has 2 aromatic rings. The molecular formula is C27H31N5O. The zero-order chi connectivity index (χ0) is 23.2. The summed E-state index contributed by atoms with van der Waals surface area (Å²) in [4.78, 5) is 20.2. The Balaban J connectivity index is 1.69. The third kappa shape index (κ3) is 3.39. The van der Waals surface area contributed by atoms with Gasteiger partial charge in [-0.05, 0) is 55.0 Å². The molecule has 3 aliphatic rings. The molecule has 6 heteroatoms. The zero-order valence-electron chi connectivity index (χ0n) is 19.8. The molecule has 1 N–H and O–H groups in total. The van der Waals surface area contributed by atoms with Crippen LogP contribution in [0.25, 0.3) is 0 Å². The highest BCUT2D eigenvalue weighted by molar-refractivity contribution is 6.01. The van der Waals surface area contributed by atoms with Crippen LogP contribution in [-0.4, -0.2) is 23.5 Å². The Hall–Kier alpha value is -3.28. The molecule has 1 aliphatic carbocycles. The molecule has 3 heterocycles. The van der Waals surface area contributed by atoms with Gasteiger partial charge in [0.1, 0.15) is 0 Å². The second kappa shape index (κ2) is 7.94. The minimum atomic E-state index is -0.535. The van der Waals surface area contributed by atoms with E-state index >= 15 is 0 Å². The highest BCUT2D eigenvalue weighted by atomic mass is 16.1.